The summed E-state index contributed by atoms with van der Waals surface area (Å²) >= 11 is 0. The third kappa shape index (κ3) is 5.19. The number of carboxylic acid groups (broad SMARTS) is 1. The van der Waals surface area contributed by atoms with Gasteiger partial charge < -0.3 is 9.90 Å². The Balaban J connectivity index is 0.00000180. The summed E-state index contributed by atoms with van der Waals surface area (Å²) < 4.78 is 0. The quantitative estimate of drug-likeness (QED) is 0.659. The van der Waals surface area contributed by atoms with Gasteiger partial charge in [0.15, 0.2) is 0 Å². The zero-order chi connectivity index (χ0) is 12.8. The molecule has 2 nitrogen and oxygen atoms in total. The molecule has 1 atom stereocenters. The molecule has 2 aromatic rings. The van der Waals surface area contributed by atoms with Crippen molar-refractivity contribution in [1.29, 1.82) is 0 Å². The number of rotatable bonds is 5. The van der Waals surface area contributed by atoms with Gasteiger partial charge in [0.1, 0.15) is 0 Å². The van der Waals surface area contributed by atoms with Crippen LogP contribution in [0.15, 0.2) is 60.7 Å². The van der Waals surface area contributed by atoms with Crippen LogP contribution in [0.3, 0.4) is 0 Å². The second-order valence-electron chi connectivity index (χ2n) is 4.37. The van der Waals surface area contributed by atoms with Gasteiger partial charge in [0.25, 0.3) is 0 Å². The summed E-state index contributed by atoms with van der Waals surface area (Å²) in [4.78, 5) is 10.9. The number of hydrogen-bond donors (Lipinski definition) is 0. The van der Waals surface area contributed by atoms with Crippen molar-refractivity contribution in [2.75, 3.05) is 0 Å². The van der Waals surface area contributed by atoms with Crippen LogP contribution in [0.2, 0.25) is 0 Å². The van der Waals surface area contributed by atoms with Crippen LogP contribution < -0.4 is 34.7 Å². The topological polar surface area (TPSA) is 40.1 Å². The van der Waals surface area contributed by atoms with E-state index >= 15 is 0 Å². The minimum atomic E-state index is -1.00. The van der Waals surface area contributed by atoms with Crippen molar-refractivity contribution in [3.63, 3.8) is 0 Å². The van der Waals surface area contributed by atoms with Crippen molar-refractivity contribution in [2.24, 2.45) is 0 Å². The maximum atomic E-state index is 10.9. The van der Waals surface area contributed by atoms with Crippen LogP contribution in [0.1, 0.15) is 23.5 Å². The van der Waals surface area contributed by atoms with Crippen molar-refractivity contribution >= 4 is 5.97 Å². The SMILES string of the molecule is O=C([O-])CC(Cc1ccccc1)c1ccccc1.[Na+]. The zero-order valence-corrected chi connectivity index (χ0v) is 13.1. The standard InChI is InChI=1S/C16H16O2.Na/c17-16(18)12-15(14-9-5-2-6-10-14)11-13-7-3-1-4-8-13;/h1-10,15H,11-12H2,(H,17,18);/q;+1/p-1. The van der Waals surface area contributed by atoms with Gasteiger partial charge in [-0.15, -0.1) is 0 Å². The van der Waals surface area contributed by atoms with Gasteiger partial charge >= 0.3 is 29.6 Å². The molecular weight excluding hydrogens is 247 g/mol. The van der Waals surface area contributed by atoms with E-state index < -0.39 is 5.97 Å². The maximum Gasteiger partial charge on any atom is 1.00 e. The minimum absolute atomic E-state index is 0. The molecule has 0 N–H and O–H groups in total. The fourth-order valence-corrected chi connectivity index (χ4v) is 2.13. The molecule has 0 aliphatic carbocycles. The number of aliphatic carboxylic acids is 1. The van der Waals surface area contributed by atoms with E-state index in [-0.39, 0.29) is 41.9 Å². The summed E-state index contributed by atoms with van der Waals surface area (Å²) in [7, 11) is 0. The van der Waals surface area contributed by atoms with Crippen LogP contribution in [-0.2, 0) is 11.2 Å². The van der Waals surface area contributed by atoms with Gasteiger partial charge in [-0.25, -0.2) is 0 Å². The van der Waals surface area contributed by atoms with Gasteiger partial charge in [-0.1, -0.05) is 60.7 Å². The average molecular weight is 262 g/mol. The Morgan fingerprint density at radius 2 is 1.47 bits per heavy atom. The molecule has 3 heteroatoms. The van der Waals surface area contributed by atoms with E-state index in [1.807, 2.05) is 60.7 Å². The second-order valence-corrected chi connectivity index (χ2v) is 4.37. The first-order chi connectivity index (χ1) is 8.75. The van der Waals surface area contributed by atoms with E-state index in [1.54, 1.807) is 0 Å². The molecule has 2 rings (SSSR count). The molecule has 0 aliphatic rings. The predicted molar refractivity (Wildman–Crippen MR) is 69.0 cm³/mol. The molecule has 0 heterocycles. The first-order valence-corrected chi connectivity index (χ1v) is 6.04. The first kappa shape index (κ1) is 16.0. The summed E-state index contributed by atoms with van der Waals surface area (Å²) in [6.07, 6.45) is 0.776. The smallest absolute Gasteiger partial charge is 0.550 e. The van der Waals surface area contributed by atoms with Gasteiger partial charge in [-0.05, 0) is 29.9 Å². The molecule has 0 fully saturated rings. The zero-order valence-electron chi connectivity index (χ0n) is 11.1. The molecule has 92 valence electrons. The van der Waals surface area contributed by atoms with E-state index in [1.165, 1.54) is 0 Å². The van der Waals surface area contributed by atoms with Gasteiger partial charge in [0.05, 0.1) is 0 Å². The van der Waals surface area contributed by atoms with Crippen LogP contribution >= 0.6 is 0 Å². The monoisotopic (exact) mass is 262 g/mol. The normalized spacial score (nSPS) is 11.4. The number of benzene rings is 2. The van der Waals surface area contributed by atoms with Crippen molar-refractivity contribution in [2.45, 2.75) is 18.8 Å². The van der Waals surface area contributed by atoms with Gasteiger partial charge in [0, 0.05) is 5.97 Å². The third-order valence-electron chi connectivity index (χ3n) is 3.01. The van der Waals surface area contributed by atoms with Gasteiger partial charge in [-0.3, -0.25) is 0 Å². The van der Waals surface area contributed by atoms with Crippen LogP contribution in [-0.4, -0.2) is 5.97 Å². The molecule has 0 aliphatic heterocycles. The number of hydrogen-bond acceptors (Lipinski definition) is 2. The molecule has 2 aromatic carbocycles. The Hall–Kier alpha value is -1.09. The van der Waals surface area contributed by atoms with E-state index in [0.717, 1.165) is 17.5 Å². The van der Waals surface area contributed by atoms with Crippen molar-refractivity contribution < 1.29 is 39.5 Å². The summed E-state index contributed by atoms with van der Waals surface area (Å²) in [5.74, 6) is -1.03. The van der Waals surface area contributed by atoms with Crippen LogP contribution in [0.4, 0.5) is 0 Å². The van der Waals surface area contributed by atoms with Crippen molar-refractivity contribution in [3.05, 3.63) is 71.8 Å². The molecule has 0 spiro atoms. The molecular formula is C16H15NaO2. The van der Waals surface area contributed by atoms with Crippen LogP contribution in [0.25, 0.3) is 0 Å². The fraction of sp³-hybridized carbons (Fsp3) is 0.188. The molecule has 0 bridgehead atoms. The van der Waals surface area contributed by atoms with E-state index in [2.05, 4.69) is 0 Å². The molecule has 19 heavy (non-hydrogen) atoms. The van der Waals surface area contributed by atoms with E-state index in [9.17, 15) is 9.90 Å². The van der Waals surface area contributed by atoms with Crippen LogP contribution in [0.5, 0.6) is 0 Å². The molecule has 1 unspecified atom stereocenters. The Morgan fingerprint density at radius 3 is 2.00 bits per heavy atom. The largest absolute Gasteiger partial charge is 1.00 e. The maximum absolute atomic E-state index is 10.9. The minimum Gasteiger partial charge on any atom is -0.550 e. The Labute approximate surface area is 135 Å². The average Bonchev–Trinajstić information content (AvgIpc) is 2.40. The van der Waals surface area contributed by atoms with Crippen molar-refractivity contribution in [3.8, 4) is 0 Å². The summed E-state index contributed by atoms with van der Waals surface area (Å²) in [6, 6.07) is 19.7. The molecule has 0 radical (unpaired) electrons. The van der Waals surface area contributed by atoms with Gasteiger partial charge in [0.2, 0.25) is 0 Å². The summed E-state index contributed by atoms with van der Waals surface area (Å²) in [5, 5.41) is 10.9. The number of carbonyl (C=O) groups is 1. The fourth-order valence-electron chi connectivity index (χ4n) is 2.13. The Bertz CT molecular complexity index is 497. The summed E-state index contributed by atoms with van der Waals surface area (Å²) in [5.41, 5.74) is 2.19. The number of carboxylic acids is 1. The third-order valence-corrected chi connectivity index (χ3v) is 3.01. The van der Waals surface area contributed by atoms with Crippen molar-refractivity contribution in [1.82, 2.24) is 0 Å². The van der Waals surface area contributed by atoms with Gasteiger partial charge in [-0.2, -0.15) is 0 Å². The second kappa shape index (κ2) is 8.16. The number of carbonyl (C=O) groups excluding carboxylic acids is 1. The molecule has 0 amide bonds. The molecule has 0 aromatic heterocycles. The van der Waals surface area contributed by atoms with E-state index in [4.69, 9.17) is 0 Å². The predicted octanol–water partition coefficient (Wildman–Crippen LogP) is -0.843. The molecule has 0 saturated carbocycles. The molecule has 0 saturated heterocycles. The van der Waals surface area contributed by atoms with Crippen LogP contribution in [0, 0.1) is 0 Å². The first-order valence-electron chi connectivity index (χ1n) is 6.04. The Kier molecular flexibility index (Phi) is 6.85. The van der Waals surface area contributed by atoms with E-state index in [0.29, 0.717) is 0 Å². The Morgan fingerprint density at radius 1 is 0.947 bits per heavy atom. The summed E-state index contributed by atoms with van der Waals surface area (Å²) in [6.45, 7) is 0.